The number of hydrogen-bond acceptors (Lipinski definition) is 4. The molecule has 0 bridgehead atoms. The summed E-state index contributed by atoms with van der Waals surface area (Å²) in [7, 11) is 0. The molecule has 130 valence electrons. The summed E-state index contributed by atoms with van der Waals surface area (Å²) in [5, 5.41) is 0.0181. The zero-order valence-corrected chi connectivity index (χ0v) is 15.8. The van der Waals surface area contributed by atoms with Crippen LogP contribution in [-0.4, -0.2) is 15.0 Å². The maximum Gasteiger partial charge on any atom is 0.322 e. The summed E-state index contributed by atoms with van der Waals surface area (Å²) in [5.41, 5.74) is 4.51. The van der Waals surface area contributed by atoms with Crippen LogP contribution in [0.5, 0.6) is 6.01 Å². The first-order valence-corrected chi connectivity index (χ1v) is 8.73. The molecule has 4 nitrogen and oxygen atoms in total. The molecule has 25 heavy (non-hydrogen) atoms. The van der Waals surface area contributed by atoms with Gasteiger partial charge in [0.15, 0.2) is 0 Å². The lowest BCUT2D eigenvalue weighted by Crippen LogP contribution is -2.03. The van der Waals surface area contributed by atoms with Gasteiger partial charge in [-0.3, -0.25) is 0 Å². The van der Waals surface area contributed by atoms with Crippen LogP contribution < -0.4 is 4.74 Å². The molecule has 3 rings (SSSR count). The van der Waals surface area contributed by atoms with Crippen molar-refractivity contribution < 1.29 is 4.74 Å². The van der Waals surface area contributed by atoms with E-state index in [1.165, 1.54) is 5.56 Å². The van der Waals surface area contributed by atoms with Crippen molar-refractivity contribution in [3.63, 3.8) is 0 Å². The maximum atomic E-state index is 5.74. The third-order valence-corrected chi connectivity index (χ3v) is 3.79. The van der Waals surface area contributed by atoms with Crippen molar-refractivity contribution in [3.05, 3.63) is 70.2 Å². The number of nitrogens with zero attached hydrogens (tertiary/aromatic N) is 3. The monoisotopic (exact) mass is 375 g/mol. The molecule has 1 heterocycles. The third-order valence-electron chi connectivity index (χ3n) is 3.45. The summed E-state index contributed by atoms with van der Waals surface area (Å²) >= 11 is 11.5. The zero-order chi connectivity index (χ0) is 18.2. The molecule has 1 aromatic heterocycles. The molecule has 0 radical (unpaired) electrons. The van der Waals surface area contributed by atoms with E-state index >= 15 is 0 Å². The average molecular weight is 376 g/mol. The third kappa shape index (κ3) is 5.15. The Kier molecular flexibility index (Phi) is 7.16. The van der Waals surface area contributed by atoms with Gasteiger partial charge in [0.1, 0.15) is 6.61 Å². The molecule has 0 amide bonds. The van der Waals surface area contributed by atoms with E-state index in [1.807, 2.05) is 44.2 Å². The molecule has 0 spiro atoms. The molecule has 0 N–H and O–H groups in total. The molecule has 0 aliphatic rings. The Hall–Kier alpha value is -2.17. The SMILES string of the molecule is CC.Cc1c(COc2nc(Cl)nc(Cl)n2)cccc1-c1ccccc1. The van der Waals surface area contributed by atoms with Crippen LogP contribution in [0.25, 0.3) is 11.1 Å². The second-order valence-corrected chi connectivity index (χ2v) is 5.58. The summed E-state index contributed by atoms with van der Waals surface area (Å²) in [6, 6.07) is 16.4. The number of rotatable bonds is 4. The lowest BCUT2D eigenvalue weighted by molar-refractivity contribution is 0.279. The van der Waals surface area contributed by atoms with Gasteiger partial charge in [-0.25, -0.2) is 0 Å². The molecule has 0 fully saturated rings. The van der Waals surface area contributed by atoms with Gasteiger partial charge >= 0.3 is 6.01 Å². The minimum Gasteiger partial charge on any atom is -0.458 e. The molecule has 0 aliphatic heterocycles. The predicted octanol–water partition coefficient (Wildman–Crippen LogP) is 5.76. The van der Waals surface area contributed by atoms with Crippen LogP contribution in [0.3, 0.4) is 0 Å². The lowest BCUT2D eigenvalue weighted by atomic mass is 9.97. The molecule has 0 unspecified atom stereocenters. The van der Waals surface area contributed by atoms with Gasteiger partial charge in [-0.15, -0.1) is 0 Å². The summed E-state index contributed by atoms with van der Waals surface area (Å²) in [6.45, 7) is 6.39. The fraction of sp³-hybridized carbons (Fsp3) is 0.211. The molecular formula is C19H19Cl2N3O. The Labute approximate surface area is 157 Å². The van der Waals surface area contributed by atoms with E-state index < -0.39 is 0 Å². The summed E-state index contributed by atoms with van der Waals surface area (Å²) in [5.74, 6) is 0. The van der Waals surface area contributed by atoms with Crippen molar-refractivity contribution in [3.8, 4) is 17.1 Å². The van der Waals surface area contributed by atoms with Crippen LogP contribution in [0.2, 0.25) is 10.6 Å². The Balaban J connectivity index is 0.00000109. The quantitative estimate of drug-likeness (QED) is 0.581. The number of aromatic nitrogens is 3. The van der Waals surface area contributed by atoms with Crippen molar-refractivity contribution in [2.75, 3.05) is 0 Å². The van der Waals surface area contributed by atoms with Crippen molar-refractivity contribution in [1.82, 2.24) is 15.0 Å². The fourth-order valence-electron chi connectivity index (χ4n) is 2.29. The fourth-order valence-corrected chi connectivity index (χ4v) is 2.63. The van der Waals surface area contributed by atoms with E-state index in [1.54, 1.807) is 0 Å². The second-order valence-electron chi connectivity index (χ2n) is 4.90. The first-order chi connectivity index (χ1) is 12.1. The standard InChI is InChI=1S/C17H13Cl2N3O.C2H6/c1-11-13(10-23-17-21-15(18)20-16(19)22-17)8-5-9-14(11)12-6-3-2-4-7-12;1-2/h2-9H,10H2,1H3;1-2H3. The largest absolute Gasteiger partial charge is 0.458 e. The minimum absolute atomic E-state index is 0.00904. The van der Waals surface area contributed by atoms with Crippen molar-refractivity contribution in [2.24, 2.45) is 0 Å². The van der Waals surface area contributed by atoms with Gasteiger partial charge in [0.05, 0.1) is 0 Å². The Morgan fingerprint density at radius 3 is 2.12 bits per heavy atom. The summed E-state index contributed by atoms with van der Waals surface area (Å²) in [4.78, 5) is 11.5. The second kappa shape index (κ2) is 9.35. The van der Waals surface area contributed by atoms with Gasteiger partial charge in [-0.1, -0.05) is 62.4 Å². The predicted molar refractivity (Wildman–Crippen MR) is 102 cm³/mol. The topological polar surface area (TPSA) is 47.9 Å². The van der Waals surface area contributed by atoms with E-state index in [-0.39, 0.29) is 16.6 Å². The highest BCUT2D eigenvalue weighted by Crippen LogP contribution is 2.26. The van der Waals surface area contributed by atoms with Crippen LogP contribution in [-0.2, 0) is 6.61 Å². The maximum absolute atomic E-state index is 5.74. The molecular weight excluding hydrogens is 357 g/mol. The van der Waals surface area contributed by atoms with Crippen LogP contribution in [0.4, 0.5) is 0 Å². The summed E-state index contributed by atoms with van der Waals surface area (Å²) in [6.07, 6.45) is 0. The van der Waals surface area contributed by atoms with Crippen LogP contribution in [0.15, 0.2) is 48.5 Å². The van der Waals surface area contributed by atoms with E-state index in [0.717, 1.165) is 16.7 Å². The molecule has 0 aliphatic carbocycles. The lowest BCUT2D eigenvalue weighted by Gasteiger charge is -2.12. The van der Waals surface area contributed by atoms with Crippen molar-refractivity contribution in [2.45, 2.75) is 27.4 Å². The first kappa shape index (κ1) is 19.2. The molecule has 0 saturated heterocycles. The Bertz CT molecular complexity index is 806. The number of ether oxygens (including phenoxy) is 1. The van der Waals surface area contributed by atoms with E-state index in [9.17, 15) is 0 Å². The Morgan fingerprint density at radius 2 is 1.48 bits per heavy atom. The highest BCUT2D eigenvalue weighted by molar-refractivity contribution is 6.31. The average Bonchev–Trinajstić information content (AvgIpc) is 2.62. The zero-order valence-electron chi connectivity index (χ0n) is 14.3. The summed E-state index contributed by atoms with van der Waals surface area (Å²) < 4.78 is 5.59. The molecule has 0 saturated carbocycles. The van der Waals surface area contributed by atoms with E-state index in [4.69, 9.17) is 27.9 Å². The smallest absolute Gasteiger partial charge is 0.322 e. The van der Waals surface area contributed by atoms with Crippen molar-refractivity contribution in [1.29, 1.82) is 0 Å². The number of hydrogen-bond donors (Lipinski definition) is 0. The highest BCUT2D eigenvalue weighted by atomic mass is 35.5. The molecule has 3 aromatic rings. The van der Waals surface area contributed by atoms with Gasteiger partial charge in [0, 0.05) is 0 Å². The van der Waals surface area contributed by atoms with Gasteiger partial charge in [0.2, 0.25) is 10.6 Å². The van der Waals surface area contributed by atoms with Gasteiger partial charge in [0.25, 0.3) is 0 Å². The minimum atomic E-state index is 0.00904. The van der Waals surface area contributed by atoms with Gasteiger partial charge < -0.3 is 4.74 Å². The van der Waals surface area contributed by atoms with Gasteiger partial charge in [-0.05, 0) is 52.4 Å². The number of benzene rings is 2. The molecule has 2 aromatic carbocycles. The van der Waals surface area contributed by atoms with E-state index in [2.05, 4.69) is 40.1 Å². The number of halogens is 2. The highest BCUT2D eigenvalue weighted by Gasteiger charge is 2.09. The van der Waals surface area contributed by atoms with Gasteiger partial charge in [-0.2, -0.15) is 15.0 Å². The molecule has 6 heteroatoms. The van der Waals surface area contributed by atoms with Crippen LogP contribution in [0, 0.1) is 6.92 Å². The van der Waals surface area contributed by atoms with Crippen LogP contribution in [0.1, 0.15) is 25.0 Å². The van der Waals surface area contributed by atoms with Crippen molar-refractivity contribution >= 4 is 23.2 Å². The Morgan fingerprint density at radius 1 is 0.840 bits per heavy atom. The molecule has 0 atom stereocenters. The van der Waals surface area contributed by atoms with E-state index in [0.29, 0.717) is 6.61 Å². The first-order valence-electron chi connectivity index (χ1n) is 7.97. The normalized spacial score (nSPS) is 9.96. The van der Waals surface area contributed by atoms with Crippen LogP contribution >= 0.6 is 23.2 Å².